The van der Waals surface area contributed by atoms with Crippen molar-refractivity contribution in [2.45, 2.75) is 13.0 Å². The van der Waals surface area contributed by atoms with Gasteiger partial charge in [-0.2, -0.15) is 0 Å². The number of carbonyl (C=O) groups excluding carboxylic acids is 2. The Morgan fingerprint density at radius 2 is 1.77 bits per heavy atom. The van der Waals surface area contributed by atoms with Gasteiger partial charge in [-0.3, -0.25) is 4.79 Å². The van der Waals surface area contributed by atoms with E-state index in [0.717, 1.165) is 29.9 Å². The fourth-order valence-electron chi connectivity index (χ4n) is 2.42. The summed E-state index contributed by atoms with van der Waals surface area (Å²) in [6, 6.07) is 14.0. The van der Waals surface area contributed by atoms with Gasteiger partial charge in [0.2, 0.25) is 5.76 Å². The molecule has 2 aromatic carbocycles. The molecule has 0 radical (unpaired) electrons. The SMILES string of the molecule is COC(=O)/C(O)=C/C(=O)N(C)Cc1cccc(Cc2ccc(F)cc2)c1. The third-order valence-electron chi connectivity index (χ3n) is 3.76. The smallest absolute Gasteiger partial charge is 0.373 e. The number of aliphatic hydroxyl groups is 1. The van der Waals surface area contributed by atoms with Gasteiger partial charge in [0.05, 0.1) is 13.2 Å². The van der Waals surface area contributed by atoms with Gasteiger partial charge >= 0.3 is 5.97 Å². The van der Waals surface area contributed by atoms with Gasteiger partial charge in [-0.1, -0.05) is 36.4 Å². The minimum atomic E-state index is -0.965. The van der Waals surface area contributed by atoms with Gasteiger partial charge in [0.15, 0.2) is 0 Å². The van der Waals surface area contributed by atoms with Gasteiger partial charge in [0.25, 0.3) is 5.91 Å². The Balaban J connectivity index is 2.04. The number of amides is 1. The van der Waals surface area contributed by atoms with Crippen LogP contribution in [0.2, 0.25) is 0 Å². The maximum absolute atomic E-state index is 13.0. The minimum Gasteiger partial charge on any atom is -0.502 e. The molecule has 0 saturated heterocycles. The number of methoxy groups -OCH3 is 1. The Morgan fingerprint density at radius 3 is 2.42 bits per heavy atom. The van der Waals surface area contributed by atoms with Gasteiger partial charge < -0.3 is 14.7 Å². The number of esters is 1. The van der Waals surface area contributed by atoms with Crippen molar-refractivity contribution >= 4 is 11.9 Å². The fourth-order valence-corrected chi connectivity index (χ4v) is 2.42. The second-order valence-electron chi connectivity index (χ2n) is 5.84. The van der Waals surface area contributed by atoms with E-state index >= 15 is 0 Å². The van der Waals surface area contributed by atoms with Crippen molar-refractivity contribution in [1.29, 1.82) is 0 Å². The number of hydrogen-bond donors (Lipinski definition) is 1. The Bertz CT molecular complexity index is 815. The molecule has 26 heavy (non-hydrogen) atoms. The number of aliphatic hydroxyl groups excluding tert-OH is 1. The van der Waals surface area contributed by atoms with E-state index in [4.69, 9.17) is 0 Å². The highest BCUT2D eigenvalue weighted by atomic mass is 19.1. The van der Waals surface area contributed by atoms with Crippen LogP contribution in [0.3, 0.4) is 0 Å². The van der Waals surface area contributed by atoms with Crippen LogP contribution in [0.1, 0.15) is 16.7 Å². The number of halogens is 1. The van der Waals surface area contributed by atoms with E-state index in [-0.39, 0.29) is 5.82 Å². The zero-order valence-corrected chi connectivity index (χ0v) is 14.6. The van der Waals surface area contributed by atoms with Crippen LogP contribution in [0.25, 0.3) is 0 Å². The molecular weight excluding hydrogens is 337 g/mol. The summed E-state index contributed by atoms with van der Waals surface area (Å²) in [6.07, 6.45) is 1.48. The van der Waals surface area contributed by atoms with E-state index in [1.54, 1.807) is 19.2 Å². The van der Waals surface area contributed by atoms with Crippen molar-refractivity contribution in [3.63, 3.8) is 0 Å². The predicted octanol–water partition coefficient (Wildman–Crippen LogP) is 2.99. The van der Waals surface area contributed by atoms with E-state index in [1.165, 1.54) is 17.0 Å². The molecule has 0 aliphatic carbocycles. The molecule has 1 amide bonds. The van der Waals surface area contributed by atoms with E-state index < -0.39 is 17.6 Å². The molecule has 0 aliphatic rings. The number of hydrogen-bond acceptors (Lipinski definition) is 4. The number of benzene rings is 2. The van der Waals surface area contributed by atoms with Crippen LogP contribution in [-0.2, 0) is 27.3 Å². The molecule has 6 heteroatoms. The van der Waals surface area contributed by atoms with Crippen molar-refractivity contribution in [3.8, 4) is 0 Å². The monoisotopic (exact) mass is 357 g/mol. The Morgan fingerprint density at radius 1 is 1.12 bits per heavy atom. The van der Waals surface area contributed by atoms with E-state index in [1.807, 2.05) is 24.3 Å². The molecule has 0 fully saturated rings. The first-order chi connectivity index (χ1) is 12.4. The number of likely N-dealkylation sites (N-methyl/N-ethyl adjacent to an activating group) is 1. The first-order valence-corrected chi connectivity index (χ1v) is 7.95. The summed E-state index contributed by atoms with van der Waals surface area (Å²) >= 11 is 0. The first-order valence-electron chi connectivity index (χ1n) is 7.95. The quantitative estimate of drug-likeness (QED) is 0.490. The van der Waals surface area contributed by atoms with Crippen molar-refractivity contribution < 1.29 is 23.8 Å². The molecule has 0 heterocycles. The molecule has 1 N–H and O–H groups in total. The molecule has 0 aliphatic heterocycles. The molecule has 0 aromatic heterocycles. The van der Waals surface area contributed by atoms with Crippen LogP contribution >= 0.6 is 0 Å². The summed E-state index contributed by atoms with van der Waals surface area (Å²) in [5.41, 5.74) is 2.91. The van der Waals surface area contributed by atoms with Crippen LogP contribution in [0.5, 0.6) is 0 Å². The summed E-state index contributed by atoms with van der Waals surface area (Å²) in [5, 5.41) is 9.44. The predicted molar refractivity (Wildman–Crippen MR) is 94.8 cm³/mol. The van der Waals surface area contributed by atoms with Crippen LogP contribution < -0.4 is 0 Å². The number of ether oxygens (including phenoxy) is 1. The van der Waals surface area contributed by atoms with Crippen molar-refractivity contribution in [3.05, 3.63) is 82.9 Å². The average molecular weight is 357 g/mol. The molecule has 0 saturated carbocycles. The highest BCUT2D eigenvalue weighted by molar-refractivity contribution is 5.96. The zero-order chi connectivity index (χ0) is 19.1. The molecule has 0 spiro atoms. The number of rotatable bonds is 6. The van der Waals surface area contributed by atoms with Crippen molar-refractivity contribution in [2.24, 2.45) is 0 Å². The highest BCUT2D eigenvalue weighted by Crippen LogP contribution is 2.14. The van der Waals surface area contributed by atoms with Crippen LogP contribution in [0.4, 0.5) is 4.39 Å². The van der Waals surface area contributed by atoms with Gasteiger partial charge in [0, 0.05) is 13.6 Å². The third-order valence-corrected chi connectivity index (χ3v) is 3.76. The van der Waals surface area contributed by atoms with Crippen LogP contribution in [0.15, 0.2) is 60.4 Å². The molecule has 0 atom stereocenters. The summed E-state index contributed by atoms with van der Waals surface area (Å²) in [6.45, 7) is 0.307. The lowest BCUT2D eigenvalue weighted by molar-refractivity contribution is -0.139. The maximum Gasteiger partial charge on any atom is 0.373 e. The summed E-state index contributed by atoms with van der Waals surface area (Å²) in [5.74, 6) is -2.50. The summed E-state index contributed by atoms with van der Waals surface area (Å²) < 4.78 is 17.3. The molecule has 2 rings (SSSR count). The Kier molecular flexibility index (Phi) is 6.49. The standard InChI is InChI=1S/C20H20FNO4/c1-22(19(24)12-18(23)20(25)26-2)13-16-5-3-4-15(11-16)10-14-6-8-17(21)9-7-14/h3-9,11-12,23H,10,13H2,1-2H3/b18-12-. The van der Waals surface area contributed by atoms with Gasteiger partial charge in [-0.15, -0.1) is 0 Å². The Labute approximate surface area is 151 Å². The molecule has 0 unspecified atom stereocenters. The lowest BCUT2D eigenvalue weighted by Gasteiger charge is -2.16. The number of nitrogens with zero attached hydrogens (tertiary/aromatic N) is 1. The van der Waals surface area contributed by atoms with Crippen LogP contribution in [0, 0.1) is 5.82 Å². The van der Waals surface area contributed by atoms with Crippen LogP contribution in [-0.4, -0.2) is 36.0 Å². The second kappa shape index (κ2) is 8.80. The third kappa shape index (κ3) is 5.44. The highest BCUT2D eigenvalue weighted by Gasteiger charge is 2.13. The zero-order valence-electron chi connectivity index (χ0n) is 14.6. The Hall–Kier alpha value is -3.15. The fraction of sp³-hybridized carbons (Fsp3) is 0.200. The topological polar surface area (TPSA) is 66.8 Å². The largest absolute Gasteiger partial charge is 0.502 e. The normalized spacial score (nSPS) is 11.1. The first kappa shape index (κ1) is 19.2. The summed E-state index contributed by atoms with van der Waals surface area (Å²) in [7, 11) is 2.68. The lowest BCUT2D eigenvalue weighted by atomic mass is 10.0. The van der Waals surface area contributed by atoms with E-state index in [2.05, 4.69) is 4.74 Å². The van der Waals surface area contributed by atoms with Crippen molar-refractivity contribution in [1.82, 2.24) is 4.90 Å². The molecule has 136 valence electrons. The number of carbonyl (C=O) groups is 2. The minimum absolute atomic E-state index is 0.272. The maximum atomic E-state index is 13.0. The van der Waals surface area contributed by atoms with E-state index in [9.17, 15) is 19.1 Å². The van der Waals surface area contributed by atoms with Gasteiger partial charge in [0.1, 0.15) is 5.82 Å². The second-order valence-corrected chi connectivity index (χ2v) is 5.84. The van der Waals surface area contributed by atoms with Gasteiger partial charge in [-0.05, 0) is 35.2 Å². The van der Waals surface area contributed by atoms with Gasteiger partial charge in [-0.25, -0.2) is 9.18 Å². The average Bonchev–Trinajstić information content (AvgIpc) is 2.63. The van der Waals surface area contributed by atoms with Crippen molar-refractivity contribution in [2.75, 3.05) is 14.2 Å². The summed E-state index contributed by atoms with van der Waals surface area (Å²) in [4.78, 5) is 24.5. The molecule has 5 nitrogen and oxygen atoms in total. The molecular formula is C20H20FNO4. The van der Waals surface area contributed by atoms with E-state index in [0.29, 0.717) is 13.0 Å². The molecule has 2 aromatic rings. The lowest BCUT2D eigenvalue weighted by Crippen LogP contribution is -2.25. The molecule has 0 bridgehead atoms.